The molecule has 0 amide bonds. The van der Waals surface area contributed by atoms with Crippen molar-refractivity contribution >= 4 is 5.97 Å². The predicted molar refractivity (Wildman–Crippen MR) is 77.5 cm³/mol. The SMILES string of the molecule is CCC(C)N(C)CCNCc1cccc(C(=O)O)c1. The van der Waals surface area contributed by atoms with Gasteiger partial charge in [-0.2, -0.15) is 0 Å². The minimum atomic E-state index is -0.877. The van der Waals surface area contributed by atoms with Crippen molar-refractivity contribution in [1.82, 2.24) is 10.2 Å². The third-order valence-electron chi connectivity index (χ3n) is 3.49. The molecule has 4 heteroatoms. The largest absolute Gasteiger partial charge is 0.478 e. The van der Waals surface area contributed by atoms with Crippen LogP contribution in [0.25, 0.3) is 0 Å². The molecule has 1 atom stereocenters. The number of nitrogens with zero attached hydrogens (tertiary/aromatic N) is 1. The molecule has 0 aliphatic carbocycles. The van der Waals surface area contributed by atoms with Gasteiger partial charge < -0.3 is 15.3 Å². The molecule has 0 bridgehead atoms. The van der Waals surface area contributed by atoms with Crippen LogP contribution in [-0.4, -0.2) is 42.2 Å². The minimum Gasteiger partial charge on any atom is -0.478 e. The van der Waals surface area contributed by atoms with E-state index in [0.29, 0.717) is 18.2 Å². The van der Waals surface area contributed by atoms with Crippen molar-refractivity contribution in [2.24, 2.45) is 0 Å². The fraction of sp³-hybridized carbons (Fsp3) is 0.533. The number of carboxylic acids is 1. The highest BCUT2D eigenvalue weighted by molar-refractivity contribution is 5.87. The molecule has 0 radical (unpaired) electrons. The first-order chi connectivity index (χ1) is 9.04. The summed E-state index contributed by atoms with van der Waals surface area (Å²) in [5, 5.41) is 12.3. The van der Waals surface area contributed by atoms with Gasteiger partial charge in [-0.1, -0.05) is 19.1 Å². The highest BCUT2D eigenvalue weighted by Crippen LogP contribution is 2.05. The second-order valence-corrected chi connectivity index (χ2v) is 4.92. The normalized spacial score (nSPS) is 12.6. The van der Waals surface area contributed by atoms with Gasteiger partial charge in [0.2, 0.25) is 0 Å². The standard InChI is InChI=1S/C15H24N2O2/c1-4-12(2)17(3)9-8-16-11-13-6-5-7-14(10-13)15(18)19/h5-7,10,12,16H,4,8-9,11H2,1-3H3,(H,18,19). The Bertz CT molecular complexity index is 407. The summed E-state index contributed by atoms with van der Waals surface area (Å²) in [6.07, 6.45) is 1.15. The van der Waals surface area contributed by atoms with E-state index in [-0.39, 0.29) is 0 Å². The number of nitrogens with one attached hydrogen (secondary N) is 1. The molecule has 2 N–H and O–H groups in total. The van der Waals surface area contributed by atoms with E-state index in [1.165, 1.54) is 0 Å². The fourth-order valence-electron chi connectivity index (χ4n) is 1.83. The number of likely N-dealkylation sites (N-methyl/N-ethyl adjacent to an activating group) is 1. The van der Waals surface area contributed by atoms with Gasteiger partial charge in [0.25, 0.3) is 0 Å². The number of carboxylic acid groups (broad SMARTS) is 1. The topological polar surface area (TPSA) is 52.6 Å². The van der Waals surface area contributed by atoms with Gasteiger partial charge in [0, 0.05) is 25.7 Å². The number of carbonyl (C=O) groups is 1. The number of aromatic carboxylic acids is 1. The Morgan fingerprint density at radius 1 is 1.47 bits per heavy atom. The first kappa shape index (κ1) is 15.7. The predicted octanol–water partition coefficient (Wildman–Crippen LogP) is 2.20. The number of rotatable bonds is 8. The van der Waals surface area contributed by atoms with Gasteiger partial charge in [-0.15, -0.1) is 0 Å². The quantitative estimate of drug-likeness (QED) is 0.707. The van der Waals surface area contributed by atoms with Gasteiger partial charge in [-0.05, 0) is 38.1 Å². The zero-order chi connectivity index (χ0) is 14.3. The summed E-state index contributed by atoms with van der Waals surface area (Å²) < 4.78 is 0. The van der Waals surface area contributed by atoms with E-state index in [1.807, 2.05) is 6.07 Å². The van der Waals surface area contributed by atoms with Crippen LogP contribution in [0.3, 0.4) is 0 Å². The number of hydrogen-bond donors (Lipinski definition) is 2. The van der Waals surface area contributed by atoms with E-state index >= 15 is 0 Å². The lowest BCUT2D eigenvalue weighted by Gasteiger charge is -2.23. The molecule has 106 valence electrons. The fourth-order valence-corrected chi connectivity index (χ4v) is 1.83. The monoisotopic (exact) mass is 264 g/mol. The molecule has 1 aromatic carbocycles. The van der Waals surface area contributed by atoms with Gasteiger partial charge in [-0.25, -0.2) is 4.79 Å². The molecule has 0 aromatic heterocycles. The molecule has 1 unspecified atom stereocenters. The molecule has 4 nitrogen and oxygen atoms in total. The molecule has 0 aliphatic heterocycles. The Labute approximate surface area is 115 Å². The number of benzene rings is 1. The van der Waals surface area contributed by atoms with Gasteiger partial charge in [0.1, 0.15) is 0 Å². The van der Waals surface area contributed by atoms with Crippen LogP contribution in [0, 0.1) is 0 Å². The summed E-state index contributed by atoms with van der Waals surface area (Å²) in [7, 11) is 2.13. The molecule has 1 rings (SSSR count). The second-order valence-electron chi connectivity index (χ2n) is 4.92. The highest BCUT2D eigenvalue weighted by Gasteiger charge is 2.06. The first-order valence-corrected chi connectivity index (χ1v) is 6.77. The van der Waals surface area contributed by atoms with E-state index in [9.17, 15) is 4.79 Å². The van der Waals surface area contributed by atoms with Crippen LogP contribution in [0.15, 0.2) is 24.3 Å². The Hall–Kier alpha value is -1.39. The van der Waals surface area contributed by atoms with Crippen LogP contribution < -0.4 is 5.32 Å². The molecule has 0 spiro atoms. The Kier molecular flexibility index (Phi) is 6.53. The lowest BCUT2D eigenvalue weighted by Crippen LogP contribution is -2.34. The smallest absolute Gasteiger partial charge is 0.335 e. The van der Waals surface area contributed by atoms with Crippen molar-refractivity contribution in [3.63, 3.8) is 0 Å². The lowest BCUT2D eigenvalue weighted by atomic mass is 10.1. The maximum Gasteiger partial charge on any atom is 0.335 e. The molecular formula is C15H24N2O2. The van der Waals surface area contributed by atoms with Crippen molar-refractivity contribution in [1.29, 1.82) is 0 Å². The zero-order valence-electron chi connectivity index (χ0n) is 12.0. The Morgan fingerprint density at radius 2 is 2.21 bits per heavy atom. The molecule has 0 fully saturated rings. The zero-order valence-corrected chi connectivity index (χ0v) is 12.0. The summed E-state index contributed by atoms with van der Waals surface area (Å²) in [6, 6.07) is 7.65. The summed E-state index contributed by atoms with van der Waals surface area (Å²) in [6.45, 7) is 7.00. The van der Waals surface area contributed by atoms with E-state index < -0.39 is 5.97 Å². The van der Waals surface area contributed by atoms with Crippen LogP contribution in [0.2, 0.25) is 0 Å². The van der Waals surface area contributed by atoms with Crippen LogP contribution in [-0.2, 0) is 6.54 Å². The lowest BCUT2D eigenvalue weighted by molar-refractivity contribution is 0.0696. The van der Waals surface area contributed by atoms with E-state index in [1.54, 1.807) is 18.2 Å². The van der Waals surface area contributed by atoms with Crippen LogP contribution in [0.4, 0.5) is 0 Å². The van der Waals surface area contributed by atoms with Crippen LogP contribution in [0.5, 0.6) is 0 Å². The second kappa shape index (κ2) is 7.92. The Morgan fingerprint density at radius 3 is 2.84 bits per heavy atom. The molecule has 19 heavy (non-hydrogen) atoms. The van der Waals surface area contributed by atoms with Crippen molar-refractivity contribution in [3.8, 4) is 0 Å². The molecule has 1 aromatic rings. The van der Waals surface area contributed by atoms with Gasteiger partial charge >= 0.3 is 5.97 Å². The highest BCUT2D eigenvalue weighted by atomic mass is 16.4. The summed E-state index contributed by atoms with van der Waals surface area (Å²) in [5.74, 6) is -0.877. The van der Waals surface area contributed by atoms with Gasteiger partial charge in [0.15, 0.2) is 0 Å². The summed E-state index contributed by atoms with van der Waals surface area (Å²) in [5.41, 5.74) is 1.35. The van der Waals surface area contributed by atoms with Crippen molar-refractivity contribution in [2.75, 3.05) is 20.1 Å². The molecular weight excluding hydrogens is 240 g/mol. The molecule has 0 saturated heterocycles. The molecule has 0 heterocycles. The Balaban J connectivity index is 2.33. The first-order valence-electron chi connectivity index (χ1n) is 6.77. The maximum atomic E-state index is 10.9. The van der Waals surface area contributed by atoms with Gasteiger partial charge in [0.05, 0.1) is 5.56 Å². The average Bonchev–Trinajstić information content (AvgIpc) is 2.42. The minimum absolute atomic E-state index is 0.344. The van der Waals surface area contributed by atoms with Crippen molar-refractivity contribution < 1.29 is 9.90 Å². The third kappa shape index (κ3) is 5.41. The molecule has 0 aliphatic rings. The average molecular weight is 264 g/mol. The van der Waals surface area contributed by atoms with E-state index in [2.05, 4.69) is 31.1 Å². The summed E-state index contributed by atoms with van der Waals surface area (Å²) >= 11 is 0. The van der Waals surface area contributed by atoms with E-state index in [0.717, 1.165) is 25.1 Å². The summed E-state index contributed by atoms with van der Waals surface area (Å²) in [4.78, 5) is 13.2. The van der Waals surface area contributed by atoms with Gasteiger partial charge in [-0.3, -0.25) is 0 Å². The number of hydrogen-bond acceptors (Lipinski definition) is 3. The van der Waals surface area contributed by atoms with Crippen LogP contribution in [0.1, 0.15) is 36.2 Å². The van der Waals surface area contributed by atoms with Crippen molar-refractivity contribution in [3.05, 3.63) is 35.4 Å². The maximum absolute atomic E-state index is 10.9. The van der Waals surface area contributed by atoms with Crippen molar-refractivity contribution in [2.45, 2.75) is 32.9 Å². The molecule has 0 saturated carbocycles. The third-order valence-corrected chi connectivity index (χ3v) is 3.49. The van der Waals surface area contributed by atoms with Crippen LogP contribution >= 0.6 is 0 Å². The van der Waals surface area contributed by atoms with E-state index in [4.69, 9.17) is 5.11 Å².